The minimum atomic E-state index is -0.265. The number of likely N-dealkylation sites (tertiary alicyclic amines) is 1. The Balaban J connectivity index is 1.59. The van der Waals surface area contributed by atoms with Gasteiger partial charge in [0.15, 0.2) is 0 Å². The lowest BCUT2D eigenvalue weighted by molar-refractivity contribution is -0.133. The first-order chi connectivity index (χ1) is 9.61. The molecule has 3 rings (SSSR count). The number of hydrogen-bond acceptors (Lipinski definition) is 2. The minimum Gasteiger partial charge on any atom is -0.375 e. The number of rotatable bonds is 2. The maximum absolute atomic E-state index is 12.9. The number of carbonyl (C=O) groups excluding carboxylic acids is 1. The largest absolute Gasteiger partial charge is 0.375 e. The Morgan fingerprint density at radius 2 is 2.15 bits per heavy atom. The summed E-state index contributed by atoms with van der Waals surface area (Å²) in [6.07, 6.45) is 2.99. The smallest absolute Gasteiger partial charge is 0.227 e. The maximum Gasteiger partial charge on any atom is 0.227 e. The van der Waals surface area contributed by atoms with E-state index in [4.69, 9.17) is 4.74 Å². The molecule has 1 amide bonds. The molecule has 2 fully saturated rings. The summed E-state index contributed by atoms with van der Waals surface area (Å²) in [4.78, 5) is 14.3. The summed E-state index contributed by atoms with van der Waals surface area (Å²) in [7, 11) is 0. The van der Waals surface area contributed by atoms with Crippen molar-refractivity contribution < 1.29 is 13.9 Å². The Morgan fingerprint density at radius 3 is 2.90 bits per heavy atom. The molecule has 0 unspecified atom stereocenters. The van der Waals surface area contributed by atoms with Gasteiger partial charge in [0.2, 0.25) is 5.91 Å². The van der Waals surface area contributed by atoms with Crippen LogP contribution >= 0.6 is 0 Å². The van der Waals surface area contributed by atoms with Crippen LogP contribution in [-0.4, -0.2) is 36.1 Å². The second kappa shape index (κ2) is 5.52. The summed E-state index contributed by atoms with van der Waals surface area (Å²) in [5.41, 5.74) is 0.870. The lowest BCUT2D eigenvalue weighted by Gasteiger charge is -2.34. The van der Waals surface area contributed by atoms with Crippen LogP contribution in [-0.2, 0) is 16.0 Å². The highest BCUT2D eigenvalue weighted by molar-refractivity contribution is 5.78. The van der Waals surface area contributed by atoms with E-state index in [0.29, 0.717) is 24.5 Å². The van der Waals surface area contributed by atoms with Gasteiger partial charge >= 0.3 is 0 Å². The van der Waals surface area contributed by atoms with Crippen molar-refractivity contribution in [2.75, 3.05) is 13.1 Å². The van der Waals surface area contributed by atoms with E-state index in [2.05, 4.69) is 6.92 Å². The summed E-state index contributed by atoms with van der Waals surface area (Å²) in [6.45, 7) is 3.67. The van der Waals surface area contributed by atoms with E-state index in [1.165, 1.54) is 12.1 Å². The number of halogens is 1. The molecule has 2 aliphatic heterocycles. The van der Waals surface area contributed by atoms with Crippen LogP contribution in [0.25, 0.3) is 0 Å². The van der Waals surface area contributed by atoms with Gasteiger partial charge in [-0.2, -0.15) is 0 Å². The van der Waals surface area contributed by atoms with Crippen LogP contribution in [0.2, 0.25) is 0 Å². The Hall–Kier alpha value is -1.42. The molecule has 108 valence electrons. The van der Waals surface area contributed by atoms with Crippen LogP contribution in [0, 0.1) is 11.7 Å². The minimum absolute atomic E-state index is 0.134. The average molecular weight is 277 g/mol. The molecule has 2 aliphatic rings. The molecule has 0 N–H and O–H groups in total. The van der Waals surface area contributed by atoms with Gasteiger partial charge in [0.05, 0.1) is 18.6 Å². The Bertz CT molecular complexity index is 488. The summed E-state index contributed by atoms with van der Waals surface area (Å²) in [5, 5.41) is 0. The number of nitrogens with zero attached hydrogens (tertiary/aromatic N) is 1. The highest BCUT2D eigenvalue weighted by Gasteiger charge is 2.38. The van der Waals surface area contributed by atoms with Gasteiger partial charge in [-0.15, -0.1) is 0 Å². The van der Waals surface area contributed by atoms with Crippen molar-refractivity contribution in [3.05, 3.63) is 35.6 Å². The fraction of sp³-hybridized carbons (Fsp3) is 0.562. The number of hydrogen-bond donors (Lipinski definition) is 0. The quantitative estimate of drug-likeness (QED) is 0.830. The molecule has 0 radical (unpaired) electrons. The van der Waals surface area contributed by atoms with Crippen LogP contribution < -0.4 is 0 Å². The second-order valence-electron chi connectivity index (χ2n) is 5.91. The molecule has 3 nitrogen and oxygen atoms in total. The van der Waals surface area contributed by atoms with Crippen LogP contribution in [0.4, 0.5) is 4.39 Å². The molecule has 20 heavy (non-hydrogen) atoms. The van der Waals surface area contributed by atoms with Crippen LogP contribution in [0.3, 0.4) is 0 Å². The molecule has 2 heterocycles. The van der Waals surface area contributed by atoms with Crippen LogP contribution in [0.5, 0.6) is 0 Å². The molecule has 2 saturated heterocycles. The summed E-state index contributed by atoms with van der Waals surface area (Å²) in [6, 6.07) is 6.17. The molecule has 4 heteroatoms. The van der Waals surface area contributed by atoms with E-state index in [-0.39, 0.29) is 11.7 Å². The number of fused-ring (bicyclic) bond motifs is 1. The molecular formula is C16H20FNO2. The van der Waals surface area contributed by atoms with Gasteiger partial charge in [-0.1, -0.05) is 12.1 Å². The number of amides is 1. The van der Waals surface area contributed by atoms with Crippen molar-refractivity contribution in [1.29, 1.82) is 0 Å². The van der Waals surface area contributed by atoms with E-state index in [1.807, 2.05) is 4.90 Å². The Labute approximate surface area is 118 Å². The lowest BCUT2D eigenvalue weighted by atomic mass is 9.92. The van der Waals surface area contributed by atoms with Gasteiger partial charge in [0.25, 0.3) is 0 Å². The monoisotopic (exact) mass is 277 g/mol. The predicted molar refractivity (Wildman–Crippen MR) is 73.7 cm³/mol. The predicted octanol–water partition coefficient (Wildman–Crippen LogP) is 2.39. The normalized spacial score (nSPS) is 29.3. The molecule has 0 bridgehead atoms. The van der Waals surface area contributed by atoms with Gasteiger partial charge < -0.3 is 9.64 Å². The standard InChI is InChI=1S/C16H20FNO2/c1-11-8-13-10-18(7-6-15(13)20-11)16(19)9-12-2-4-14(17)5-3-12/h2-5,11,13,15H,6-10H2,1H3/t11-,13-,15-/m1/s1. The van der Waals surface area contributed by atoms with E-state index in [0.717, 1.165) is 31.5 Å². The van der Waals surface area contributed by atoms with Gasteiger partial charge in [-0.05, 0) is 37.5 Å². The van der Waals surface area contributed by atoms with E-state index >= 15 is 0 Å². The zero-order valence-electron chi connectivity index (χ0n) is 11.7. The van der Waals surface area contributed by atoms with E-state index in [9.17, 15) is 9.18 Å². The first-order valence-corrected chi connectivity index (χ1v) is 7.29. The first-order valence-electron chi connectivity index (χ1n) is 7.29. The van der Waals surface area contributed by atoms with Crippen LogP contribution in [0.1, 0.15) is 25.3 Å². The highest BCUT2D eigenvalue weighted by Crippen LogP contribution is 2.32. The molecule has 0 spiro atoms. The van der Waals surface area contributed by atoms with Gasteiger partial charge in [0, 0.05) is 19.0 Å². The summed E-state index contributed by atoms with van der Waals surface area (Å²) >= 11 is 0. The van der Waals surface area contributed by atoms with Crippen molar-refractivity contribution in [3.63, 3.8) is 0 Å². The number of carbonyl (C=O) groups is 1. The third-order valence-corrected chi connectivity index (χ3v) is 4.33. The highest BCUT2D eigenvalue weighted by atomic mass is 19.1. The van der Waals surface area contributed by atoms with Crippen molar-refractivity contribution in [2.45, 2.75) is 38.4 Å². The SMILES string of the molecule is C[C@@H]1C[C@@H]2CN(C(=O)Cc3ccc(F)cc3)CC[C@H]2O1. The van der Waals surface area contributed by atoms with Crippen molar-refractivity contribution in [2.24, 2.45) is 5.92 Å². The lowest BCUT2D eigenvalue weighted by Crippen LogP contribution is -2.45. The van der Waals surface area contributed by atoms with Crippen molar-refractivity contribution in [1.82, 2.24) is 4.90 Å². The van der Waals surface area contributed by atoms with Gasteiger partial charge in [-0.3, -0.25) is 4.79 Å². The maximum atomic E-state index is 12.9. The van der Waals surface area contributed by atoms with Crippen LogP contribution in [0.15, 0.2) is 24.3 Å². The van der Waals surface area contributed by atoms with E-state index < -0.39 is 0 Å². The van der Waals surface area contributed by atoms with Gasteiger partial charge in [0.1, 0.15) is 5.82 Å². The molecule has 1 aromatic carbocycles. The number of piperidine rings is 1. The Morgan fingerprint density at radius 1 is 1.40 bits per heavy atom. The van der Waals surface area contributed by atoms with Crippen molar-refractivity contribution in [3.8, 4) is 0 Å². The topological polar surface area (TPSA) is 29.5 Å². The zero-order chi connectivity index (χ0) is 14.1. The second-order valence-corrected chi connectivity index (χ2v) is 5.91. The van der Waals surface area contributed by atoms with E-state index in [1.54, 1.807) is 12.1 Å². The van der Waals surface area contributed by atoms with Crippen molar-refractivity contribution >= 4 is 5.91 Å². The molecule has 3 atom stereocenters. The fourth-order valence-electron chi connectivity index (χ4n) is 3.31. The third-order valence-electron chi connectivity index (χ3n) is 4.33. The first kappa shape index (κ1) is 13.6. The molecule has 0 saturated carbocycles. The molecule has 0 aliphatic carbocycles. The third kappa shape index (κ3) is 2.85. The molecular weight excluding hydrogens is 257 g/mol. The Kier molecular flexibility index (Phi) is 3.74. The molecule has 0 aromatic heterocycles. The fourth-order valence-corrected chi connectivity index (χ4v) is 3.31. The molecule has 1 aromatic rings. The average Bonchev–Trinajstić information content (AvgIpc) is 2.80. The zero-order valence-corrected chi connectivity index (χ0v) is 11.7. The van der Waals surface area contributed by atoms with Gasteiger partial charge in [-0.25, -0.2) is 4.39 Å². The number of benzene rings is 1. The number of ether oxygens (including phenoxy) is 1. The summed E-state index contributed by atoms with van der Waals surface area (Å²) < 4.78 is 18.7. The summed E-state index contributed by atoms with van der Waals surface area (Å²) in [5.74, 6) is 0.352.